The van der Waals surface area contributed by atoms with E-state index in [9.17, 15) is 0 Å². The summed E-state index contributed by atoms with van der Waals surface area (Å²) in [4.78, 5) is 5.16. The third kappa shape index (κ3) is 4.76. The van der Waals surface area contributed by atoms with Gasteiger partial charge in [-0.25, -0.2) is 0 Å². The molecule has 0 bridgehead atoms. The van der Waals surface area contributed by atoms with E-state index < -0.39 is 10.0 Å². The molecule has 4 heteroatoms. The van der Waals surface area contributed by atoms with Crippen LogP contribution in [0.2, 0.25) is 0 Å². The number of fused-ring (bicyclic) bond motifs is 9. The second kappa shape index (κ2) is 12.9. The summed E-state index contributed by atoms with van der Waals surface area (Å²) in [6.07, 6.45) is 0. The molecule has 0 aliphatic carbocycles. The molecule has 0 saturated heterocycles. The van der Waals surface area contributed by atoms with Gasteiger partial charge in [-0.15, -0.1) is 10.0 Å². The van der Waals surface area contributed by atoms with Crippen molar-refractivity contribution in [3.63, 3.8) is 0 Å². The minimum Gasteiger partial charge on any atom is -0.456 e. The lowest BCUT2D eigenvalue weighted by molar-refractivity contribution is 0.668. The van der Waals surface area contributed by atoms with E-state index in [1.807, 2.05) is 0 Å². The number of para-hydroxylation sites is 3. The molecule has 3 heterocycles. The molecule has 3 aromatic heterocycles. The predicted octanol–water partition coefficient (Wildman–Crippen LogP) is 15.1. The average Bonchev–Trinajstić information content (AvgIpc) is 3.95. The number of nitrogens with zero attached hydrogens (tertiary/aromatic N) is 2. The van der Waals surface area contributed by atoms with Crippen molar-refractivity contribution >= 4 is 75.6 Å². The molecule has 12 aromatic rings. The first-order valence-corrected chi connectivity index (χ1v) is 21.4. The summed E-state index contributed by atoms with van der Waals surface area (Å²) in [6, 6.07) is 79.7. The molecule has 0 amide bonds. The van der Waals surface area contributed by atoms with Gasteiger partial charge in [0, 0.05) is 63.3 Å². The molecular weight excluding hydrogens is 725 g/mol. The average molecular weight is 761 g/mol. The van der Waals surface area contributed by atoms with Gasteiger partial charge < -0.3 is 13.6 Å². The normalized spacial score (nSPS) is 12.4. The molecule has 0 fully saturated rings. The van der Waals surface area contributed by atoms with Crippen molar-refractivity contribution < 1.29 is 4.42 Å². The second-order valence-electron chi connectivity index (χ2n) is 14.9. The van der Waals surface area contributed by atoms with E-state index in [-0.39, 0.29) is 0 Å². The fourth-order valence-corrected chi connectivity index (χ4v) is 13.2. The van der Waals surface area contributed by atoms with Gasteiger partial charge in [0.05, 0.1) is 22.1 Å². The third-order valence-corrected chi connectivity index (χ3v) is 15.7. The van der Waals surface area contributed by atoms with Gasteiger partial charge in [0.1, 0.15) is 11.2 Å². The molecule has 0 atom stereocenters. The van der Waals surface area contributed by atoms with Gasteiger partial charge in [-0.1, -0.05) is 109 Å². The topological polar surface area (TPSA) is 23.0 Å². The standard InChI is InChI=1S/C54H36N2OS/c1-4-16-39(17-5-1)58(40-18-6-2-7-19-40,41-20-8-3-9-21-41)42-30-33-54-48(36-42)47-35-38(29-32-53(47)57-54)56-51-27-15-12-24-45(51)46-34-37(28-31-52(46)56)55-49-25-13-10-22-43(49)44-23-11-14-26-50(44)55/h1-36H. The summed E-state index contributed by atoms with van der Waals surface area (Å²) >= 11 is 0. The van der Waals surface area contributed by atoms with Crippen molar-refractivity contribution in [2.75, 3.05) is 0 Å². The number of hydrogen-bond donors (Lipinski definition) is 0. The summed E-state index contributed by atoms with van der Waals surface area (Å²) in [5.41, 5.74) is 8.77. The molecule has 0 radical (unpaired) electrons. The van der Waals surface area contributed by atoms with Gasteiger partial charge in [-0.05, 0) is 109 Å². The Bertz CT molecular complexity index is 3360. The third-order valence-electron chi connectivity index (χ3n) is 11.8. The van der Waals surface area contributed by atoms with E-state index in [4.69, 9.17) is 4.42 Å². The monoisotopic (exact) mass is 760 g/mol. The van der Waals surface area contributed by atoms with Crippen LogP contribution in [-0.4, -0.2) is 9.13 Å². The Hall–Kier alpha value is -7.27. The summed E-state index contributed by atoms with van der Waals surface area (Å²) in [5, 5.41) is 7.19. The number of rotatable bonds is 6. The van der Waals surface area contributed by atoms with Crippen LogP contribution in [0.4, 0.5) is 0 Å². The van der Waals surface area contributed by atoms with E-state index >= 15 is 0 Å². The molecule has 9 aromatic carbocycles. The summed E-state index contributed by atoms with van der Waals surface area (Å²) < 4.78 is 11.4. The fourth-order valence-electron chi connectivity index (χ4n) is 9.34. The predicted molar refractivity (Wildman–Crippen MR) is 242 cm³/mol. The lowest BCUT2D eigenvalue weighted by Gasteiger charge is -2.42. The van der Waals surface area contributed by atoms with Crippen LogP contribution in [0.5, 0.6) is 0 Å². The molecule has 0 spiro atoms. The van der Waals surface area contributed by atoms with Gasteiger partial charge >= 0.3 is 0 Å². The number of aromatic nitrogens is 2. The first-order valence-electron chi connectivity index (χ1n) is 19.7. The molecule has 0 N–H and O–H groups in total. The van der Waals surface area contributed by atoms with E-state index in [0.717, 1.165) is 33.3 Å². The maximum Gasteiger partial charge on any atom is 0.135 e. The molecule has 274 valence electrons. The Labute approximate surface area is 336 Å². The van der Waals surface area contributed by atoms with Crippen molar-refractivity contribution in [3.05, 3.63) is 218 Å². The second-order valence-corrected chi connectivity index (χ2v) is 18.0. The summed E-state index contributed by atoms with van der Waals surface area (Å²) in [7, 11) is -1.86. The molecule has 12 rings (SSSR count). The first kappa shape index (κ1) is 32.9. The number of benzene rings is 9. The van der Waals surface area contributed by atoms with Gasteiger partial charge in [-0.3, -0.25) is 0 Å². The van der Waals surface area contributed by atoms with Crippen molar-refractivity contribution in [1.29, 1.82) is 0 Å². The van der Waals surface area contributed by atoms with Crippen LogP contribution in [0.3, 0.4) is 0 Å². The maximum atomic E-state index is 6.61. The Balaban J connectivity index is 1.08. The lowest BCUT2D eigenvalue weighted by atomic mass is 10.1. The zero-order valence-corrected chi connectivity index (χ0v) is 32.3. The van der Waals surface area contributed by atoms with Crippen LogP contribution < -0.4 is 0 Å². The molecular formula is C54H36N2OS. The Kier molecular flexibility index (Phi) is 7.31. The number of furan rings is 1. The van der Waals surface area contributed by atoms with Gasteiger partial charge in [-0.2, -0.15) is 0 Å². The van der Waals surface area contributed by atoms with Crippen LogP contribution in [0.1, 0.15) is 0 Å². The summed E-state index contributed by atoms with van der Waals surface area (Å²) in [6.45, 7) is 0. The van der Waals surface area contributed by atoms with Gasteiger partial charge in [0.25, 0.3) is 0 Å². The van der Waals surface area contributed by atoms with Crippen molar-refractivity contribution in [1.82, 2.24) is 9.13 Å². The highest BCUT2D eigenvalue weighted by atomic mass is 32.3. The van der Waals surface area contributed by atoms with Gasteiger partial charge in [0.2, 0.25) is 0 Å². The lowest BCUT2D eigenvalue weighted by Crippen LogP contribution is -2.04. The van der Waals surface area contributed by atoms with Crippen molar-refractivity contribution in [3.8, 4) is 11.4 Å². The van der Waals surface area contributed by atoms with E-state index in [2.05, 4.69) is 228 Å². The smallest absolute Gasteiger partial charge is 0.135 e. The van der Waals surface area contributed by atoms with Crippen molar-refractivity contribution in [2.45, 2.75) is 19.6 Å². The highest BCUT2D eigenvalue weighted by Crippen LogP contribution is 2.73. The minimum absolute atomic E-state index is 0.880. The van der Waals surface area contributed by atoms with Gasteiger partial charge in [0.15, 0.2) is 0 Å². The fraction of sp³-hybridized carbons (Fsp3) is 0. The molecule has 0 unspecified atom stereocenters. The van der Waals surface area contributed by atoms with Crippen LogP contribution in [-0.2, 0) is 0 Å². The summed E-state index contributed by atoms with van der Waals surface area (Å²) in [5.74, 6) is 0. The van der Waals surface area contributed by atoms with Crippen LogP contribution in [0, 0.1) is 0 Å². The quantitative estimate of drug-likeness (QED) is 0.166. The Morgan fingerprint density at radius 3 is 1.17 bits per heavy atom. The highest BCUT2D eigenvalue weighted by molar-refractivity contribution is 8.34. The zero-order valence-electron chi connectivity index (χ0n) is 31.5. The molecule has 0 saturated carbocycles. The zero-order chi connectivity index (χ0) is 38.2. The van der Waals surface area contributed by atoms with Crippen molar-refractivity contribution in [2.24, 2.45) is 0 Å². The SMILES string of the molecule is c1ccc(S(c2ccccc2)(c2ccccc2)c2ccc3oc4ccc(-n5c6ccccc6c6cc(-n7c8ccccc8c8ccccc87)ccc65)cc4c3c2)cc1. The molecule has 0 aliphatic rings. The molecule has 58 heavy (non-hydrogen) atoms. The number of hydrogen-bond acceptors (Lipinski definition) is 1. The van der Waals surface area contributed by atoms with Crippen LogP contribution in [0.15, 0.2) is 242 Å². The maximum absolute atomic E-state index is 6.61. The van der Waals surface area contributed by atoms with Crippen LogP contribution >= 0.6 is 10.0 Å². The first-order chi connectivity index (χ1) is 28.8. The largest absolute Gasteiger partial charge is 0.456 e. The van der Waals surface area contributed by atoms with E-state index in [1.54, 1.807) is 0 Å². The molecule has 3 nitrogen and oxygen atoms in total. The minimum atomic E-state index is -1.86. The Morgan fingerprint density at radius 1 is 0.276 bits per heavy atom. The highest BCUT2D eigenvalue weighted by Gasteiger charge is 2.33. The molecule has 0 aliphatic heterocycles. The van der Waals surface area contributed by atoms with Crippen LogP contribution in [0.25, 0.3) is 76.9 Å². The Morgan fingerprint density at radius 2 is 0.655 bits per heavy atom. The van der Waals surface area contributed by atoms with E-state index in [0.29, 0.717) is 0 Å². The van der Waals surface area contributed by atoms with E-state index in [1.165, 1.54) is 63.2 Å².